The molecule has 0 saturated carbocycles. The topological polar surface area (TPSA) is 105 Å². The maximum atomic E-state index is 10.8. The molecule has 7 nitrogen and oxygen atoms in total. The summed E-state index contributed by atoms with van der Waals surface area (Å²) in [4.78, 5) is 25.3. The third-order valence-electron chi connectivity index (χ3n) is 2.32. The average Bonchev–Trinajstić information content (AvgIpc) is 3.08. The lowest BCUT2D eigenvalue weighted by molar-refractivity contribution is -0.139. The second-order valence-electron chi connectivity index (χ2n) is 3.72. The number of rotatable bonds is 8. The molecule has 0 aliphatic carbocycles. The quantitative estimate of drug-likeness (QED) is 0.706. The van der Waals surface area contributed by atoms with Gasteiger partial charge >= 0.3 is 5.97 Å². The maximum absolute atomic E-state index is 10.8. The number of hydrogen-bond donors (Lipinski definition) is 2. The summed E-state index contributed by atoms with van der Waals surface area (Å²) < 4.78 is 5.11. The molecule has 2 N–H and O–H groups in total. The number of carbonyl (C=O) groups excluding carboxylic acids is 1. The van der Waals surface area contributed by atoms with E-state index in [1.54, 1.807) is 0 Å². The van der Waals surface area contributed by atoms with Crippen molar-refractivity contribution in [3.63, 3.8) is 0 Å². The number of carbonyl (C=O) groups is 2. The first-order chi connectivity index (χ1) is 9.70. The highest BCUT2D eigenvalue weighted by Gasteiger charge is 2.17. The van der Waals surface area contributed by atoms with Crippen molar-refractivity contribution in [2.75, 3.05) is 5.75 Å². The normalized spacial score (nSPS) is 12.0. The second-order valence-corrected chi connectivity index (χ2v) is 5.53. The van der Waals surface area contributed by atoms with Crippen LogP contribution in [-0.4, -0.2) is 39.4 Å². The predicted molar refractivity (Wildman–Crippen MR) is 74.4 cm³/mol. The first-order valence-corrected chi connectivity index (χ1v) is 7.66. The summed E-state index contributed by atoms with van der Waals surface area (Å²) >= 11 is 2.84. The molecule has 2 aromatic rings. The maximum Gasteiger partial charge on any atom is 0.327 e. The molecule has 0 bridgehead atoms. The van der Waals surface area contributed by atoms with Gasteiger partial charge in [0.15, 0.2) is 5.82 Å². The minimum atomic E-state index is -1.07. The number of carboxylic acid groups (broad SMARTS) is 1. The number of hydrogen-bond acceptors (Lipinski definition) is 7. The lowest BCUT2D eigenvalue weighted by atomic mass is 10.3. The summed E-state index contributed by atoms with van der Waals surface area (Å²) in [6.45, 7) is 0. The Morgan fingerprint density at radius 2 is 2.50 bits per heavy atom. The molecule has 2 rings (SSSR count). The first-order valence-electron chi connectivity index (χ1n) is 5.56. The van der Waals surface area contributed by atoms with Crippen molar-refractivity contribution in [1.82, 2.24) is 15.5 Å². The van der Waals surface area contributed by atoms with Crippen LogP contribution in [0.5, 0.6) is 0 Å². The Labute approximate surface area is 122 Å². The summed E-state index contributed by atoms with van der Waals surface area (Å²) in [6, 6.07) is 0.963. The molecular formula is C11H11N3O4S2. The summed E-state index contributed by atoms with van der Waals surface area (Å²) in [7, 11) is 0. The first kappa shape index (κ1) is 14.5. The Kier molecular flexibility index (Phi) is 5.13. The van der Waals surface area contributed by atoms with Gasteiger partial charge in [-0.25, -0.2) is 4.79 Å². The average molecular weight is 313 g/mol. The highest BCUT2D eigenvalue weighted by atomic mass is 32.2. The van der Waals surface area contributed by atoms with Gasteiger partial charge in [-0.15, -0.1) is 0 Å². The Balaban J connectivity index is 1.85. The number of thioether (sulfide) groups is 1. The van der Waals surface area contributed by atoms with E-state index in [-0.39, 0.29) is 5.75 Å². The number of thiophene rings is 1. The van der Waals surface area contributed by atoms with Gasteiger partial charge in [-0.3, -0.25) is 4.79 Å². The second kappa shape index (κ2) is 7.06. The van der Waals surface area contributed by atoms with Gasteiger partial charge in [0, 0.05) is 11.1 Å². The molecule has 0 spiro atoms. The van der Waals surface area contributed by atoms with E-state index >= 15 is 0 Å². The highest BCUT2D eigenvalue weighted by Crippen LogP contribution is 2.21. The van der Waals surface area contributed by atoms with Gasteiger partial charge in [0.2, 0.25) is 6.41 Å². The zero-order chi connectivity index (χ0) is 14.4. The van der Waals surface area contributed by atoms with Crippen LogP contribution < -0.4 is 5.32 Å². The molecule has 1 unspecified atom stereocenters. The van der Waals surface area contributed by atoms with Gasteiger partial charge in [-0.05, 0) is 11.4 Å². The Morgan fingerprint density at radius 1 is 1.65 bits per heavy atom. The molecule has 0 aliphatic rings. The number of nitrogens with one attached hydrogen (secondary N) is 1. The third kappa shape index (κ3) is 3.81. The number of carboxylic acids is 1. The van der Waals surface area contributed by atoms with E-state index in [0.29, 0.717) is 23.9 Å². The molecule has 0 aliphatic heterocycles. The molecule has 2 heterocycles. The van der Waals surface area contributed by atoms with Crippen LogP contribution >= 0.6 is 23.1 Å². The lowest BCUT2D eigenvalue weighted by Crippen LogP contribution is -2.37. The SMILES string of the molecule is O=CNC(CSCc1noc(-c2ccsc2)n1)C(=O)O. The predicted octanol–water partition coefficient (Wildman–Crippen LogP) is 1.23. The third-order valence-corrected chi connectivity index (χ3v) is 4.03. The molecule has 1 amide bonds. The van der Waals surface area contributed by atoms with Crippen LogP contribution in [0.15, 0.2) is 21.3 Å². The standard InChI is InChI=1S/C11H11N3O4S2/c15-6-12-8(11(16)17)4-20-5-9-13-10(18-14-9)7-1-2-19-3-7/h1-3,6,8H,4-5H2,(H,12,15)(H,16,17). The molecule has 0 radical (unpaired) electrons. The fourth-order valence-corrected chi connectivity index (χ4v) is 2.88. The van der Waals surface area contributed by atoms with E-state index in [9.17, 15) is 9.59 Å². The fraction of sp³-hybridized carbons (Fsp3) is 0.273. The van der Waals surface area contributed by atoms with Gasteiger partial charge in [0.25, 0.3) is 5.89 Å². The summed E-state index contributed by atoms with van der Waals surface area (Å²) in [5, 5.41) is 18.7. The number of amides is 1. The largest absolute Gasteiger partial charge is 0.480 e. The van der Waals surface area contributed by atoms with Crippen molar-refractivity contribution in [3.05, 3.63) is 22.7 Å². The van der Waals surface area contributed by atoms with E-state index in [0.717, 1.165) is 5.56 Å². The van der Waals surface area contributed by atoms with Crippen molar-refractivity contribution in [1.29, 1.82) is 0 Å². The molecule has 9 heteroatoms. The van der Waals surface area contributed by atoms with Gasteiger partial charge in [0.1, 0.15) is 6.04 Å². The van der Waals surface area contributed by atoms with E-state index in [4.69, 9.17) is 9.63 Å². The van der Waals surface area contributed by atoms with Gasteiger partial charge in [-0.1, -0.05) is 5.16 Å². The summed E-state index contributed by atoms with van der Waals surface area (Å²) in [6.07, 6.45) is 0.377. The summed E-state index contributed by atoms with van der Waals surface area (Å²) in [5.74, 6) is 0.514. The van der Waals surface area contributed by atoms with Gasteiger partial charge in [0.05, 0.1) is 11.3 Å². The Morgan fingerprint density at radius 3 is 3.15 bits per heavy atom. The molecule has 0 aromatic carbocycles. The summed E-state index contributed by atoms with van der Waals surface area (Å²) in [5.41, 5.74) is 0.866. The van der Waals surface area contributed by atoms with E-state index in [1.165, 1.54) is 23.1 Å². The molecule has 1 atom stereocenters. The minimum absolute atomic E-state index is 0.233. The van der Waals surface area contributed by atoms with Crippen LogP contribution in [-0.2, 0) is 15.3 Å². The van der Waals surface area contributed by atoms with Crippen LogP contribution in [0.25, 0.3) is 11.5 Å². The van der Waals surface area contributed by atoms with Crippen LogP contribution in [0, 0.1) is 0 Å². The number of nitrogens with zero attached hydrogens (tertiary/aromatic N) is 2. The Hall–Kier alpha value is -1.87. The highest BCUT2D eigenvalue weighted by molar-refractivity contribution is 7.98. The number of aliphatic carboxylic acids is 1. The van der Waals surface area contributed by atoms with Crippen molar-refractivity contribution in [2.45, 2.75) is 11.8 Å². The zero-order valence-corrected chi connectivity index (χ0v) is 11.8. The van der Waals surface area contributed by atoms with Crippen LogP contribution in [0.2, 0.25) is 0 Å². The van der Waals surface area contributed by atoms with Crippen LogP contribution in [0.4, 0.5) is 0 Å². The monoisotopic (exact) mass is 313 g/mol. The fourth-order valence-electron chi connectivity index (χ4n) is 1.36. The molecule has 0 saturated heterocycles. The van der Waals surface area contributed by atoms with Crippen molar-refractivity contribution >= 4 is 35.5 Å². The van der Waals surface area contributed by atoms with E-state index in [1.807, 2.05) is 16.8 Å². The van der Waals surface area contributed by atoms with E-state index in [2.05, 4.69) is 15.5 Å². The lowest BCUT2D eigenvalue weighted by Gasteiger charge is -2.09. The van der Waals surface area contributed by atoms with E-state index < -0.39 is 12.0 Å². The van der Waals surface area contributed by atoms with Crippen LogP contribution in [0.1, 0.15) is 5.82 Å². The zero-order valence-electron chi connectivity index (χ0n) is 10.2. The van der Waals surface area contributed by atoms with Crippen LogP contribution in [0.3, 0.4) is 0 Å². The van der Waals surface area contributed by atoms with Crippen molar-refractivity contribution in [2.24, 2.45) is 0 Å². The minimum Gasteiger partial charge on any atom is -0.480 e. The van der Waals surface area contributed by atoms with Gasteiger partial charge < -0.3 is 14.9 Å². The van der Waals surface area contributed by atoms with Crippen molar-refractivity contribution in [3.8, 4) is 11.5 Å². The number of aromatic nitrogens is 2. The smallest absolute Gasteiger partial charge is 0.327 e. The Bertz CT molecular complexity index is 570. The molecule has 0 fully saturated rings. The molecular weight excluding hydrogens is 302 g/mol. The van der Waals surface area contributed by atoms with Gasteiger partial charge in [-0.2, -0.15) is 28.1 Å². The molecule has 20 heavy (non-hydrogen) atoms. The molecule has 2 aromatic heterocycles. The van der Waals surface area contributed by atoms with Crippen molar-refractivity contribution < 1.29 is 19.2 Å². The molecule has 106 valence electrons.